The Morgan fingerprint density at radius 1 is 1.24 bits per heavy atom. The van der Waals surface area contributed by atoms with E-state index in [-0.39, 0.29) is 0 Å². The third-order valence-corrected chi connectivity index (χ3v) is 2.21. The van der Waals surface area contributed by atoms with Gasteiger partial charge >= 0.3 is 0 Å². The van der Waals surface area contributed by atoms with Gasteiger partial charge in [-0.15, -0.1) is 0 Å². The van der Waals surface area contributed by atoms with Crippen LogP contribution >= 0.6 is 0 Å². The minimum Gasteiger partial charge on any atom is -0.401 e. The predicted molar refractivity (Wildman–Crippen MR) is 68.7 cm³/mol. The molecule has 6 nitrogen and oxygen atoms in total. The van der Waals surface area contributed by atoms with Crippen molar-refractivity contribution in [2.75, 3.05) is 32.7 Å². The molecule has 0 aliphatic carbocycles. The van der Waals surface area contributed by atoms with Gasteiger partial charge in [0.25, 0.3) is 0 Å². The molecular formula is C11H20N6. The largest absolute Gasteiger partial charge is 0.401 e. The van der Waals surface area contributed by atoms with E-state index in [1.807, 2.05) is 6.08 Å². The first-order chi connectivity index (χ1) is 8.26. The van der Waals surface area contributed by atoms with Crippen LogP contribution in [0.3, 0.4) is 0 Å². The maximum atomic E-state index is 5.94. The molecule has 0 radical (unpaired) electrons. The number of rotatable bonds is 7. The van der Waals surface area contributed by atoms with Gasteiger partial charge in [0.05, 0.1) is 11.9 Å². The van der Waals surface area contributed by atoms with Crippen molar-refractivity contribution in [1.82, 2.24) is 14.9 Å². The SMILES string of the molecule is NCCN(CCN)CC(N)=Cc1cnccn1. The van der Waals surface area contributed by atoms with Gasteiger partial charge in [0.15, 0.2) is 0 Å². The summed E-state index contributed by atoms with van der Waals surface area (Å²) in [6.07, 6.45) is 6.75. The van der Waals surface area contributed by atoms with Crippen molar-refractivity contribution >= 4 is 6.08 Å². The molecule has 0 fully saturated rings. The Labute approximate surface area is 102 Å². The number of nitrogens with two attached hydrogens (primary N) is 3. The summed E-state index contributed by atoms with van der Waals surface area (Å²) < 4.78 is 0. The standard InChI is InChI=1S/C11H20N6/c12-1-5-17(6-2-13)9-10(14)7-11-8-15-3-4-16-11/h3-4,7-8H,1-2,5-6,9,12-14H2. The molecule has 0 spiro atoms. The number of hydrogen-bond donors (Lipinski definition) is 3. The van der Waals surface area contributed by atoms with Crippen molar-refractivity contribution in [3.8, 4) is 0 Å². The van der Waals surface area contributed by atoms with Crippen molar-refractivity contribution in [2.24, 2.45) is 17.2 Å². The van der Waals surface area contributed by atoms with Gasteiger partial charge in [-0.25, -0.2) is 0 Å². The highest BCUT2D eigenvalue weighted by molar-refractivity contribution is 5.46. The Bertz CT molecular complexity index is 331. The van der Waals surface area contributed by atoms with Crippen LogP contribution in [0.15, 0.2) is 24.3 Å². The first-order valence-electron chi connectivity index (χ1n) is 5.60. The van der Waals surface area contributed by atoms with E-state index in [1.165, 1.54) is 0 Å². The molecule has 0 aliphatic heterocycles. The molecule has 1 rings (SSSR count). The summed E-state index contributed by atoms with van der Waals surface area (Å²) in [4.78, 5) is 10.2. The summed E-state index contributed by atoms with van der Waals surface area (Å²) >= 11 is 0. The van der Waals surface area contributed by atoms with E-state index in [9.17, 15) is 0 Å². The lowest BCUT2D eigenvalue weighted by molar-refractivity contribution is 0.312. The smallest absolute Gasteiger partial charge is 0.0830 e. The van der Waals surface area contributed by atoms with Gasteiger partial charge in [-0.3, -0.25) is 14.9 Å². The zero-order chi connectivity index (χ0) is 12.5. The fourth-order valence-electron chi connectivity index (χ4n) is 1.51. The molecule has 1 aromatic heterocycles. The molecule has 0 unspecified atom stereocenters. The third kappa shape index (κ3) is 5.39. The van der Waals surface area contributed by atoms with Gasteiger partial charge in [0, 0.05) is 50.8 Å². The number of nitrogens with zero attached hydrogens (tertiary/aromatic N) is 3. The van der Waals surface area contributed by atoms with Crippen molar-refractivity contribution in [3.05, 3.63) is 30.0 Å². The van der Waals surface area contributed by atoms with Crippen LogP contribution in [0, 0.1) is 0 Å². The van der Waals surface area contributed by atoms with Crippen LogP contribution in [0.2, 0.25) is 0 Å². The minimum atomic E-state index is 0.596. The van der Waals surface area contributed by atoms with Crippen molar-refractivity contribution in [2.45, 2.75) is 0 Å². The van der Waals surface area contributed by atoms with E-state index in [1.54, 1.807) is 18.6 Å². The van der Waals surface area contributed by atoms with Crippen LogP contribution in [-0.2, 0) is 0 Å². The zero-order valence-electron chi connectivity index (χ0n) is 9.92. The molecule has 0 amide bonds. The maximum Gasteiger partial charge on any atom is 0.0830 e. The van der Waals surface area contributed by atoms with E-state index >= 15 is 0 Å². The summed E-state index contributed by atoms with van der Waals surface area (Å²) in [6.45, 7) is 3.40. The fraction of sp³-hybridized carbons (Fsp3) is 0.455. The van der Waals surface area contributed by atoms with Gasteiger partial charge in [0.2, 0.25) is 0 Å². The Hall–Kier alpha value is -1.50. The van der Waals surface area contributed by atoms with E-state index in [0.29, 0.717) is 19.6 Å². The van der Waals surface area contributed by atoms with Crippen molar-refractivity contribution < 1.29 is 0 Å². The molecule has 6 heteroatoms. The van der Waals surface area contributed by atoms with Crippen molar-refractivity contribution in [3.63, 3.8) is 0 Å². The Kier molecular flexibility index (Phi) is 6.16. The van der Waals surface area contributed by atoms with E-state index in [2.05, 4.69) is 14.9 Å². The molecule has 0 aliphatic rings. The molecule has 0 saturated carbocycles. The first kappa shape index (κ1) is 13.6. The molecule has 0 atom stereocenters. The molecular weight excluding hydrogens is 216 g/mol. The lowest BCUT2D eigenvalue weighted by Gasteiger charge is -2.20. The van der Waals surface area contributed by atoms with Crippen molar-refractivity contribution in [1.29, 1.82) is 0 Å². The number of hydrogen-bond acceptors (Lipinski definition) is 6. The molecule has 0 saturated heterocycles. The first-order valence-corrected chi connectivity index (χ1v) is 5.60. The second-order valence-corrected chi connectivity index (χ2v) is 3.70. The highest BCUT2D eigenvalue weighted by Crippen LogP contribution is 1.99. The van der Waals surface area contributed by atoms with Crippen LogP contribution in [0.1, 0.15) is 5.69 Å². The van der Waals surface area contributed by atoms with E-state index in [4.69, 9.17) is 17.2 Å². The third-order valence-electron chi connectivity index (χ3n) is 2.21. The fourth-order valence-corrected chi connectivity index (χ4v) is 1.51. The topological polar surface area (TPSA) is 107 Å². The minimum absolute atomic E-state index is 0.596. The molecule has 1 heterocycles. The molecule has 94 valence electrons. The monoisotopic (exact) mass is 236 g/mol. The second-order valence-electron chi connectivity index (χ2n) is 3.70. The average Bonchev–Trinajstić information content (AvgIpc) is 2.30. The second kappa shape index (κ2) is 7.72. The van der Waals surface area contributed by atoms with Crippen LogP contribution in [0.4, 0.5) is 0 Å². The summed E-state index contributed by atoms with van der Waals surface area (Å²) in [6, 6.07) is 0. The Morgan fingerprint density at radius 3 is 2.47 bits per heavy atom. The van der Waals surface area contributed by atoms with Crippen LogP contribution in [0.25, 0.3) is 6.08 Å². The highest BCUT2D eigenvalue weighted by atomic mass is 15.1. The Morgan fingerprint density at radius 2 is 1.94 bits per heavy atom. The zero-order valence-corrected chi connectivity index (χ0v) is 9.92. The summed E-state index contributed by atoms with van der Waals surface area (Å²) in [5.41, 5.74) is 18.5. The molecule has 0 bridgehead atoms. The predicted octanol–water partition coefficient (Wildman–Crippen LogP) is -1.00. The lowest BCUT2D eigenvalue weighted by Crippen LogP contribution is -2.36. The van der Waals surface area contributed by atoms with Gasteiger partial charge in [-0.1, -0.05) is 0 Å². The summed E-state index contributed by atoms with van der Waals surface area (Å²) in [5, 5.41) is 0. The highest BCUT2D eigenvalue weighted by Gasteiger charge is 2.04. The van der Waals surface area contributed by atoms with Crippen LogP contribution in [-0.4, -0.2) is 47.6 Å². The van der Waals surface area contributed by atoms with E-state index < -0.39 is 0 Å². The van der Waals surface area contributed by atoms with Gasteiger partial charge in [-0.05, 0) is 6.08 Å². The molecule has 6 N–H and O–H groups in total. The number of aromatic nitrogens is 2. The molecule has 17 heavy (non-hydrogen) atoms. The average molecular weight is 236 g/mol. The van der Waals surface area contributed by atoms with Gasteiger partial charge in [0.1, 0.15) is 0 Å². The normalized spacial score (nSPS) is 12.1. The molecule has 0 aromatic carbocycles. The quantitative estimate of drug-likeness (QED) is 0.560. The molecule has 1 aromatic rings. The maximum absolute atomic E-state index is 5.94. The van der Waals surface area contributed by atoms with Crippen LogP contribution in [0.5, 0.6) is 0 Å². The summed E-state index contributed by atoms with van der Waals surface area (Å²) in [5.74, 6) is 0. The van der Waals surface area contributed by atoms with Crippen LogP contribution < -0.4 is 17.2 Å². The van der Waals surface area contributed by atoms with Gasteiger partial charge < -0.3 is 17.2 Å². The summed E-state index contributed by atoms with van der Waals surface area (Å²) in [7, 11) is 0. The Balaban J connectivity index is 2.57. The van der Waals surface area contributed by atoms with E-state index in [0.717, 1.165) is 24.5 Å². The van der Waals surface area contributed by atoms with Gasteiger partial charge in [-0.2, -0.15) is 0 Å². The lowest BCUT2D eigenvalue weighted by atomic mass is 10.3.